The first-order valence-electron chi connectivity index (χ1n) is 11.4. The summed E-state index contributed by atoms with van der Waals surface area (Å²) in [6.45, 7) is 3.85. The Balaban J connectivity index is 1.42. The monoisotopic (exact) mass is 460 g/mol. The normalized spacial score (nSPS) is 16.1. The summed E-state index contributed by atoms with van der Waals surface area (Å²) in [6.07, 6.45) is 2.83. The second kappa shape index (κ2) is 8.03. The van der Waals surface area contributed by atoms with Crippen LogP contribution in [0.5, 0.6) is 0 Å². The number of thiophene rings is 1. The molecule has 6 heteroatoms. The number of aromatic nitrogens is 1. The fraction of sp³-hybridized carbons (Fsp3) is 0.333. The van der Waals surface area contributed by atoms with Crippen molar-refractivity contribution < 1.29 is 14.7 Å². The van der Waals surface area contributed by atoms with Crippen LogP contribution in [0, 0.1) is 5.92 Å². The van der Waals surface area contributed by atoms with E-state index >= 15 is 0 Å². The Morgan fingerprint density at radius 2 is 1.76 bits per heavy atom. The molecule has 0 saturated heterocycles. The molecule has 0 aliphatic heterocycles. The Morgan fingerprint density at radius 1 is 1.06 bits per heavy atom. The fourth-order valence-electron chi connectivity index (χ4n) is 5.16. The number of para-hydroxylation sites is 1. The van der Waals surface area contributed by atoms with Crippen molar-refractivity contribution in [2.24, 2.45) is 13.0 Å². The minimum absolute atomic E-state index is 0.00903. The number of nitrogens with zero attached hydrogens (tertiary/aromatic N) is 1. The second-order valence-corrected chi connectivity index (χ2v) is 10.5. The highest BCUT2D eigenvalue weighted by molar-refractivity contribution is 7.20. The fourth-order valence-corrected chi connectivity index (χ4v) is 6.20. The van der Waals surface area contributed by atoms with Crippen LogP contribution in [0.25, 0.3) is 21.1 Å². The van der Waals surface area contributed by atoms with Crippen LogP contribution in [0.4, 0.5) is 0 Å². The summed E-state index contributed by atoms with van der Waals surface area (Å²) in [5.41, 5.74) is 2.63. The molecule has 1 fully saturated rings. The number of benzene rings is 2. The molecule has 5 nitrogen and oxygen atoms in total. The Bertz CT molecular complexity index is 1360. The van der Waals surface area contributed by atoms with Crippen molar-refractivity contribution in [2.45, 2.75) is 44.6 Å². The van der Waals surface area contributed by atoms with E-state index in [0.29, 0.717) is 0 Å². The number of carbonyl (C=O) groups excluding carboxylic acids is 1. The third kappa shape index (κ3) is 3.53. The van der Waals surface area contributed by atoms with Gasteiger partial charge in [0.15, 0.2) is 0 Å². The van der Waals surface area contributed by atoms with Gasteiger partial charge >= 0.3 is 5.97 Å². The number of aliphatic carboxylic acids is 1. The third-order valence-electron chi connectivity index (χ3n) is 7.11. The molecule has 1 aliphatic rings. The van der Waals surface area contributed by atoms with Crippen molar-refractivity contribution in [3.63, 3.8) is 0 Å². The van der Waals surface area contributed by atoms with E-state index in [9.17, 15) is 14.7 Å². The van der Waals surface area contributed by atoms with Gasteiger partial charge in [0, 0.05) is 23.3 Å². The van der Waals surface area contributed by atoms with Gasteiger partial charge < -0.3 is 15.0 Å². The molecule has 2 aromatic carbocycles. The number of carboxylic acid groups (broad SMARTS) is 1. The summed E-state index contributed by atoms with van der Waals surface area (Å²) >= 11 is 1.53. The number of carboxylic acids is 1. The Morgan fingerprint density at radius 3 is 2.36 bits per heavy atom. The molecule has 0 spiro atoms. The van der Waals surface area contributed by atoms with Crippen molar-refractivity contribution >= 4 is 44.3 Å². The molecule has 0 bridgehead atoms. The van der Waals surface area contributed by atoms with Crippen LogP contribution in [0.1, 0.15) is 59.8 Å². The average Bonchev–Trinajstić information content (AvgIpc) is 3.31. The lowest BCUT2D eigenvalue weighted by molar-refractivity contribution is -0.139. The quantitative estimate of drug-likeness (QED) is 0.369. The van der Waals surface area contributed by atoms with E-state index in [2.05, 4.69) is 22.0 Å². The van der Waals surface area contributed by atoms with Crippen LogP contribution >= 0.6 is 11.3 Å². The molecule has 170 valence electrons. The first kappa shape index (κ1) is 21.7. The van der Waals surface area contributed by atoms with Crippen molar-refractivity contribution in [1.82, 2.24) is 9.88 Å². The molecule has 5 rings (SSSR count). The molecule has 1 atom stereocenters. The van der Waals surface area contributed by atoms with Gasteiger partial charge in [0.1, 0.15) is 4.83 Å². The van der Waals surface area contributed by atoms with Crippen LogP contribution in [-0.4, -0.2) is 21.6 Å². The summed E-state index contributed by atoms with van der Waals surface area (Å²) in [5, 5.41) is 15.2. The van der Waals surface area contributed by atoms with Gasteiger partial charge in [-0.1, -0.05) is 56.3 Å². The standard InChI is InChI=1S/C27H28N2O3S/c1-16(2)23(26(31)32)17-9-11-18(12-10-17)27(13-6-14-27)28-24(30)22-15-20-19-7-4-5-8-21(19)29(3)25(20)33-22/h4-5,7-12,15-16,23H,6,13-14H2,1-3H3,(H,28,30)(H,31,32). The van der Waals surface area contributed by atoms with Gasteiger partial charge in [-0.15, -0.1) is 11.3 Å². The van der Waals surface area contributed by atoms with Gasteiger partial charge in [-0.05, 0) is 48.4 Å². The molecule has 1 amide bonds. The molecule has 33 heavy (non-hydrogen) atoms. The number of aryl methyl sites for hydroxylation is 1. The smallest absolute Gasteiger partial charge is 0.311 e. The number of nitrogens with one attached hydrogen (secondary N) is 1. The van der Waals surface area contributed by atoms with Crippen LogP contribution < -0.4 is 5.32 Å². The van der Waals surface area contributed by atoms with Crippen molar-refractivity contribution in [1.29, 1.82) is 0 Å². The Kier molecular flexibility index (Phi) is 5.28. The molecule has 4 aromatic rings. The lowest BCUT2D eigenvalue weighted by Crippen LogP contribution is -2.50. The maximum Gasteiger partial charge on any atom is 0.311 e. The van der Waals surface area contributed by atoms with Crippen molar-refractivity contribution in [3.05, 3.63) is 70.6 Å². The Hall–Kier alpha value is -3.12. The summed E-state index contributed by atoms with van der Waals surface area (Å²) in [7, 11) is 2.04. The van der Waals surface area contributed by atoms with Crippen LogP contribution in [0.15, 0.2) is 54.6 Å². The van der Waals surface area contributed by atoms with Crippen LogP contribution in [0.2, 0.25) is 0 Å². The predicted molar refractivity (Wildman–Crippen MR) is 133 cm³/mol. The number of amides is 1. The molecule has 1 saturated carbocycles. The van der Waals surface area contributed by atoms with Crippen LogP contribution in [0.3, 0.4) is 0 Å². The Labute approximate surface area is 197 Å². The molecule has 1 aliphatic carbocycles. The van der Waals surface area contributed by atoms with Crippen LogP contribution in [-0.2, 0) is 17.4 Å². The summed E-state index contributed by atoms with van der Waals surface area (Å²) in [5.74, 6) is -1.37. The minimum Gasteiger partial charge on any atom is -0.481 e. The SMILES string of the molecule is CC(C)C(C(=O)O)c1ccc(C2(NC(=O)c3cc4c5ccccc5n(C)c4s3)CCC2)cc1. The van der Waals surface area contributed by atoms with Crippen molar-refractivity contribution in [2.75, 3.05) is 0 Å². The third-order valence-corrected chi connectivity index (χ3v) is 8.32. The molecule has 2 N–H and O–H groups in total. The molecular formula is C27H28N2O3S. The largest absolute Gasteiger partial charge is 0.481 e. The highest BCUT2D eigenvalue weighted by Crippen LogP contribution is 2.43. The maximum atomic E-state index is 13.3. The average molecular weight is 461 g/mol. The first-order valence-corrected chi connectivity index (χ1v) is 12.2. The van der Waals surface area contributed by atoms with E-state index in [1.807, 2.05) is 63.4 Å². The zero-order chi connectivity index (χ0) is 23.3. The van der Waals surface area contributed by atoms with E-state index in [-0.39, 0.29) is 17.4 Å². The first-order chi connectivity index (χ1) is 15.8. The van der Waals surface area contributed by atoms with E-state index in [1.165, 1.54) is 16.9 Å². The number of hydrogen-bond donors (Lipinski definition) is 2. The van der Waals surface area contributed by atoms with E-state index in [0.717, 1.165) is 50.9 Å². The van der Waals surface area contributed by atoms with Gasteiger partial charge in [0.05, 0.1) is 16.3 Å². The van der Waals surface area contributed by atoms with Gasteiger partial charge in [-0.25, -0.2) is 0 Å². The van der Waals surface area contributed by atoms with Gasteiger partial charge in [-0.2, -0.15) is 0 Å². The zero-order valence-electron chi connectivity index (χ0n) is 19.1. The zero-order valence-corrected chi connectivity index (χ0v) is 19.9. The maximum absolute atomic E-state index is 13.3. The van der Waals surface area contributed by atoms with E-state index < -0.39 is 11.9 Å². The van der Waals surface area contributed by atoms with E-state index in [1.54, 1.807) is 0 Å². The van der Waals surface area contributed by atoms with Gasteiger partial charge in [-0.3, -0.25) is 9.59 Å². The molecule has 2 heterocycles. The lowest BCUT2D eigenvalue weighted by Gasteiger charge is -2.43. The molecule has 2 aromatic heterocycles. The molecule has 1 unspecified atom stereocenters. The molecule has 0 radical (unpaired) electrons. The number of fused-ring (bicyclic) bond motifs is 3. The van der Waals surface area contributed by atoms with Crippen molar-refractivity contribution in [3.8, 4) is 0 Å². The minimum atomic E-state index is -0.804. The van der Waals surface area contributed by atoms with Gasteiger partial charge in [0.2, 0.25) is 0 Å². The van der Waals surface area contributed by atoms with E-state index in [4.69, 9.17) is 0 Å². The second-order valence-electron chi connectivity index (χ2n) is 9.48. The number of hydrogen-bond acceptors (Lipinski definition) is 3. The number of carbonyl (C=O) groups is 2. The van der Waals surface area contributed by atoms with Gasteiger partial charge in [0.25, 0.3) is 5.91 Å². The highest BCUT2D eigenvalue weighted by Gasteiger charge is 2.40. The summed E-state index contributed by atoms with van der Waals surface area (Å²) in [4.78, 5) is 26.8. The predicted octanol–water partition coefficient (Wildman–Crippen LogP) is 6.03. The summed E-state index contributed by atoms with van der Waals surface area (Å²) < 4.78 is 2.15. The topological polar surface area (TPSA) is 71.3 Å². The lowest BCUT2D eigenvalue weighted by atomic mass is 9.71. The number of rotatable bonds is 6. The summed E-state index contributed by atoms with van der Waals surface area (Å²) in [6, 6.07) is 18.1. The highest BCUT2D eigenvalue weighted by atomic mass is 32.1. The molecular weight excluding hydrogens is 432 g/mol.